The van der Waals surface area contributed by atoms with Crippen LogP contribution in [-0.4, -0.2) is 42.1 Å². The number of phenols is 1. The smallest absolute Gasteiger partial charge is 0.337 e. The fourth-order valence-electron chi connectivity index (χ4n) is 5.22. The molecule has 1 aliphatic heterocycles. The van der Waals surface area contributed by atoms with Crippen molar-refractivity contribution in [3.05, 3.63) is 80.2 Å². The third-order valence-corrected chi connectivity index (χ3v) is 6.80. The van der Waals surface area contributed by atoms with E-state index in [9.17, 15) is 24.8 Å². The van der Waals surface area contributed by atoms with Crippen LogP contribution in [0, 0.1) is 10.1 Å². The molecule has 10 heteroatoms. The summed E-state index contributed by atoms with van der Waals surface area (Å²) in [6, 6.07) is 10.1. The Balaban J connectivity index is 1.90. The number of nitrogens with one attached hydrogen (secondary N) is 1. The van der Waals surface area contributed by atoms with Crippen molar-refractivity contribution in [3.63, 3.8) is 0 Å². The minimum absolute atomic E-state index is 0.140. The number of rotatable bonds is 7. The number of esters is 1. The number of allylic oxidation sites excluding steroid dienone is 3. The van der Waals surface area contributed by atoms with Gasteiger partial charge in [0.15, 0.2) is 11.5 Å². The average Bonchev–Trinajstić information content (AvgIpc) is 2.87. The molecule has 38 heavy (non-hydrogen) atoms. The predicted molar refractivity (Wildman–Crippen MR) is 138 cm³/mol. The van der Waals surface area contributed by atoms with E-state index in [2.05, 4.69) is 5.32 Å². The Morgan fingerprint density at radius 2 is 1.82 bits per heavy atom. The molecule has 2 aromatic rings. The first-order valence-corrected chi connectivity index (χ1v) is 12.2. The van der Waals surface area contributed by atoms with Crippen LogP contribution in [0.1, 0.15) is 56.6 Å². The molecule has 0 radical (unpaired) electrons. The highest BCUT2D eigenvalue weighted by molar-refractivity contribution is 6.04. The van der Waals surface area contributed by atoms with E-state index in [1.807, 2.05) is 24.3 Å². The molecule has 200 valence electrons. The van der Waals surface area contributed by atoms with Crippen molar-refractivity contribution < 1.29 is 33.8 Å². The number of phenolic OH excluding ortho intramolecular Hbond substituents is 1. The van der Waals surface area contributed by atoms with E-state index in [1.165, 1.54) is 19.2 Å². The van der Waals surface area contributed by atoms with E-state index in [0.717, 1.165) is 5.56 Å². The Hall–Kier alpha value is -4.34. The molecule has 2 N–H and O–H groups in total. The number of benzene rings is 2. The van der Waals surface area contributed by atoms with Crippen LogP contribution >= 0.6 is 0 Å². The standard InChI is InChI=1S/C28H30N2O8/c1-14(2)38-28(33)24-15(3)29-19-10-16(18-8-6-7-9-22(18)36-4)12-21(31)26(19)25(24)17-11-20(30(34)35)27(32)23(13-17)37-5/h6-9,11,13-14,16,25,29,32H,10,12H2,1-5H3/t16-,25-/m0/s1. The third-order valence-electron chi connectivity index (χ3n) is 6.80. The third kappa shape index (κ3) is 4.81. The zero-order chi connectivity index (χ0) is 27.7. The van der Waals surface area contributed by atoms with Crippen LogP contribution in [0.25, 0.3) is 0 Å². The maximum Gasteiger partial charge on any atom is 0.337 e. The summed E-state index contributed by atoms with van der Waals surface area (Å²) in [5, 5.41) is 25.3. The number of methoxy groups -OCH3 is 2. The minimum Gasteiger partial charge on any atom is -0.500 e. The second-order valence-corrected chi connectivity index (χ2v) is 9.56. The topological polar surface area (TPSA) is 137 Å². The second kappa shape index (κ2) is 10.6. The summed E-state index contributed by atoms with van der Waals surface area (Å²) < 4.78 is 16.2. The first-order chi connectivity index (χ1) is 18.1. The van der Waals surface area contributed by atoms with Gasteiger partial charge in [-0.15, -0.1) is 0 Å². The highest BCUT2D eigenvalue weighted by Crippen LogP contribution is 2.49. The summed E-state index contributed by atoms with van der Waals surface area (Å²) in [4.78, 5) is 38.1. The average molecular weight is 523 g/mol. The number of hydrogen-bond donors (Lipinski definition) is 2. The van der Waals surface area contributed by atoms with Gasteiger partial charge in [0, 0.05) is 41.3 Å². The second-order valence-electron chi connectivity index (χ2n) is 9.56. The van der Waals surface area contributed by atoms with Crippen molar-refractivity contribution in [2.24, 2.45) is 0 Å². The first kappa shape index (κ1) is 26.7. The highest BCUT2D eigenvalue weighted by Gasteiger charge is 2.43. The van der Waals surface area contributed by atoms with Crippen LogP contribution in [0.5, 0.6) is 17.2 Å². The molecule has 0 saturated carbocycles. The van der Waals surface area contributed by atoms with Crippen LogP contribution in [0.4, 0.5) is 5.69 Å². The van der Waals surface area contributed by atoms with E-state index in [0.29, 0.717) is 29.1 Å². The van der Waals surface area contributed by atoms with Crippen molar-refractivity contribution in [3.8, 4) is 17.2 Å². The summed E-state index contributed by atoms with van der Waals surface area (Å²) in [5.41, 5.74) is 2.16. The van der Waals surface area contributed by atoms with E-state index >= 15 is 0 Å². The Morgan fingerprint density at radius 3 is 2.45 bits per heavy atom. The molecular weight excluding hydrogens is 492 g/mol. The summed E-state index contributed by atoms with van der Waals surface area (Å²) in [6.45, 7) is 5.13. The Morgan fingerprint density at radius 1 is 1.13 bits per heavy atom. The Bertz CT molecular complexity index is 1370. The number of carbonyl (C=O) groups excluding carboxylic acids is 2. The fraction of sp³-hybridized carbons (Fsp3) is 0.357. The van der Waals surface area contributed by atoms with Crippen LogP contribution in [0.2, 0.25) is 0 Å². The quantitative estimate of drug-likeness (QED) is 0.303. The number of para-hydroxylation sites is 1. The van der Waals surface area contributed by atoms with Gasteiger partial charge in [-0.25, -0.2) is 4.79 Å². The molecule has 4 rings (SSSR count). The van der Waals surface area contributed by atoms with Gasteiger partial charge in [-0.2, -0.15) is 0 Å². The van der Waals surface area contributed by atoms with Crippen LogP contribution in [0.15, 0.2) is 58.9 Å². The monoisotopic (exact) mass is 522 g/mol. The van der Waals surface area contributed by atoms with Crippen molar-refractivity contribution in [1.29, 1.82) is 0 Å². The van der Waals surface area contributed by atoms with Gasteiger partial charge in [0.1, 0.15) is 5.75 Å². The number of nitrogens with zero attached hydrogens (tertiary/aromatic N) is 1. The molecule has 2 aliphatic rings. The fourth-order valence-corrected chi connectivity index (χ4v) is 5.22. The molecule has 0 aromatic heterocycles. The number of ketones is 1. The number of Topliss-reactive ketones (excluding diaryl/α,β-unsaturated/α-hetero) is 1. The lowest BCUT2D eigenvalue weighted by atomic mass is 9.71. The number of nitro benzene ring substituents is 1. The molecule has 2 atom stereocenters. The molecule has 0 amide bonds. The summed E-state index contributed by atoms with van der Waals surface area (Å²) in [5.74, 6) is -2.09. The van der Waals surface area contributed by atoms with Gasteiger partial charge >= 0.3 is 11.7 Å². The molecule has 1 aliphatic carbocycles. The van der Waals surface area contributed by atoms with Gasteiger partial charge in [-0.05, 0) is 50.5 Å². The van der Waals surface area contributed by atoms with Gasteiger partial charge in [0.25, 0.3) is 0 Å². The van der Waals surface area contributed by atoms with Gasteiger partial charge in [-0.3, -0.25) is 14.9 Å². The molecule has 0 unspecified atom stereocenters. The number of nitro groups is 1. The molecule has 2 aromatic carbocycles. The zero-order valence-corrected chi connectivity index (χ0v) is 21.9. The minimum atomic E-state index is -0.961. The maximum atomic E-state index is 13.8. The molecule has 1 heterocycles. The van der Waals surface area contributed by atoms with E-state index in [-0.39, 0.29) is 35.0 Å². The van der Waals surface area contributed by atoms with E-state index < -0.39 is 34.4 Å². The normalized spacial score (nSPS) is 19.2. The van der Waals surface area contributed by atoms with Gasteiger partial charge < -0.3 is 24.6 Å². The Labute approximate surface area is 220 Å². The number of hydrogen-bond acceptors (Lipinski definition) is 9. The lowest BCUT2D eigenvalue weighted by Crippen LogP contribution is -2.36. The van der Waals surface area contributed by atoms with Crippen molar-refractivity contribution in [2.75, 3.05) is 14.2 Å². The predicted octanol–water partition coefficient (Wildman–Crippen LogP) is 4.63. The van der Waals surface area contributed by atoms with E-state index in [1.54, 1.807) is 27.9 Å². The van der Waals surface area contributed by atoms with Crippen LogP contribution in [-0.2, 0) is 14.3 Å². The number of aromatic hydroxyl groups is 1. The highest BCUT2D eigenvalue weighted by atomic mass is 16.6. The summed E-state index contributed by atoms with van der Waals surface area (Å²) >= 11 is 0. The maximum absolute atomic E-state index is 13.8. The summed E-state index contributed by atoms with van der Waals surface area (Å²) in [6.07, 6.45) is 0.179. The van der Waals surface area contributed by atoms with Gasteiger partial charge in [0.05, 0.1) is 30.8 Å². The van der Waals surface area contributed by atoms with Crippen molar-refractivity contribution >= 4 is 17.4 Å². The molecule has 0 spiro atoms. The molecule has 0 fully saturated rings. The van der Waals surface area contributed by atoms with Crippen molar-refractivity contribution in [1.82, 2.24) is 5.32 Å². The molecule has 0 bridgehead atoms. The molecule has 0 saturated heterocycles. The molecular formula is C28H30N2O8. The number of ether oxygens (including phenoxy) is 3. The van der Waals surface area contributed by atoms with Crippen molar-refractivity contribution in [2.45, 2.75) is 51.6 Å². The summed E-state index contributed by atoms with van der Waals surface area (Å²) in [7, 11) is 2.85. The lowest BCUT2D eigenvalue weighted by molar-refractivity contribution is -0.386. The first-order valence-electron chi connectivity index (χ1n) is 12.2. The van der Waals surface area contributed by atoms with Gasteiger partial charge in [0.2, 0.25) is 5.75 Å². The lowest BCUT2D eigenvalue weighted by Gasteiger charge is -2.37. The SMILES string of the molecule is COc1ccccc1[C@@H]1CC(=O)C2=C(C1)NC(C)=C(C(=O)OC(C)C)[C@@H]2c1cc(OC)c(O)c([N+](=O)[O-])c1. The zero-order valence-electron chi connectivity index (χ0n) is 21.9. The Kier molecular flexibility index (Phi) is 7.43. The molecule has 10 nitrogen and oxygen atoms in total. The number of carbonyl (C=O) groups is 2. The van der Waals surface area contributed by atoms with E-state index in [4.69, 9.17) is 14.2 Å². The largest absolute Gasteiger partial charge is 0.500 e. The van der Waals surface area contributed by atoms with Crippen LogP contribution in [0.3, 0.4) is 0 Å². The van der Waals surface area contributed by atoms with Crippen LogP contribution < -0.4 is 14.8 Å². The van der Waals surface area contributed by atoms with Gasteiger partial charge in [-0.1, -0.05) is 18.2 Å². The number of dihydropyridines is 1.